The van der Waals surface area contributed by atoms with E-state index in [0.29, 0.717) is 17.1 Å². The summed E-state index contributed by atoms with van der Waals surface area (Å²) in [5, 5.41) is 17.6. The maximum atomic E-state index is 10.9. The van der Waals surface area contributed by atoms with Gasteiger partial charge in [-0.2, -0.15) is 5.26 Å². The molecule has 0 unspecified atom stereocenters. The maximum absolute atomic E-state index is 10.9. The summed E-state index contributed by atoms with van der Waals surface area (Å²) in [5.41, 5.74) is 0.713. The van der Waals surface area contributed by atoms with Crippen molar-refractivity contribution in [2.45, 2.75) is 0 Å². The van der Waals surface area contributed by atoms with Crippen LogP contribution in [-0.4, -0.2) is 11.1 Å². The summed E-state index contributed by atoms with van der Waals surface area (Å²) in [4.78, 5) is 10.9. The van der Waals surface area contributed by atoms with Crippen molar-refractivity contribution >= 4 is 28.6 Å². The molecule has 0 aliphatic rings. The second-order valence-electron chi connectivity index (χ2n) is 3.69. The minimum Gasteiger partial charge on any atom is -0.478 e. The molecule has 2 aromatic rings. The highest BCUT2D eigenvalue weighted by Gasteiger charge is 2.08. The molecule has 94 valence electrons. The third kappa shape index (κ3) is 3.23. The molecule has 2 rings (SSSR count). The van der Waals surface area contributed by atoms with E-state index < -0.39 is 5.97 Å². The second kappa shape index (κ2) is 5.71. The normalized spacial score (nSPS) is 9.68. The fourth-order valence-corrected chi connectivity index (χ4v) is 1.88. The minimum absolute atomic E-state index is 0.170. The highest BCUT2D eigenvalue weighted by Crippen LogP contribution is 2.28. The van der Waals surface area contributed by atoms with E-state index in [2.05, 4.69) is 22.6 Å². The number of rotatable bonds is 3. The molecule has 0 saturated carbocycles. The van der Waals surface area contributed by atoms with Crippen LogP contribution in [0.3, 0.4) is 0 Å². The van der Waals surface area contributed by atoms with Crippen molar-refractivity contribution in [1.29, 1.82) is 5.26 Å². The number of benzene rings is 2. The SMILES string of the molecule is N#Cc1ccc(Oc2cc(C(=O)O)ccc2I)cc1. The van der Waals surface area contributed by atoms with Crippen LogP contribution in [0.5, 0.6) is 11.5 Å². The average Bonchev–Trinajstić information content (AvgIpc) is 2.42. The molecule has 0 heterocycles. The predicted molar refractivity (Wildman–Crippen MR) is 77.3 cm³/mol. The first-order valence-electron chi connectivity index (χ1n) is 5.31. The van der Waals surface area contributed by atoms with E-state index in [1.165, 1.54) is 12.1 Å². The summed E-state index contributed by atoms with van der Waals surface area (Å²) < 4.78 is 6.43. The topological polar surface area (TPSA) is 70.3 Å². The van der Waals surface area contributed by atoms with Crippen LogP contribution in [0.15, 0.2) is 42.5 Å². The van der Waals surface area contributed by atoms with Gasteiger partial charge in [0, 0.05) is 0 Å². The van der Waals surface area contributed by atoms with Crippen molar-refractivity contribution in [2.24, 2.45) is 0 Å². The van der Waals surface area contributed by atoms with Crippen LogP contribution in [-0.2, 0) is 0 Å². The minimum atomic E-state index is -0.999. The van der Waals surface area contributed by atoms with Crippen molar-refractivity contribution in [1.82, 2.24) is 0 Å². The lowest BCUT2D eigenvalue weighted by Crippen LogP contribution is -1.97. The molecule has 2 aromatic carbocycles. The summed E-state index contributed by atoms with van der Waals surface area (Å²) in [6.45, 7) is 0. The average molecular weight is 365 g/mol. The van der Waals surface area contributed by atoms with Crippen LogP contribution >= 0.6 is 22.6 Å². The summed E-state index contributed by atoms with van der Waals surface area (Å²) >= 11 is 2.07. The fraction of sp³-hybridized carbons (Fsp3) is 0. The quantitative estimate of drug-likeness (QED) is 0.843. The van der Waals surface area contributed by atoms with E-state index in [0.717, 1.165) is 3.57 Å². The Labute approximate surface area is 123 Å². The lowest BCUT2D eigenvalue weighted by Gasteiger charge is -2.08. The van der Waals surface area contributed by atoms with Crippen LogP contribution in [0.4, 0.5) is 0 Å². The lowest BCUT2D eigenvalue weighted by molar-refractivity contribution is 0.0696. The van der Waals surface area contributed by atoms with Crippen LogP contribution in [0.25, 0.3) is 0 Å². The molecule has 5 heteroatoms. The molecular weight excluding hydrogens is 357 g/mol. The Morgan fingerprint density at radius 2 is 1.89 bits per heavy atom. The van der Waals surface area contributed by atoms with Gasteiger partial charge in [-0.25, -0.2) is 4.79 Å². The number of hydrogen-bond donors (Lipinski definition) is 1. The number of carbonyl (C=O) groups is 1. The number of nitriles is 1. The Bertz CT molecular complexity index is 659. The smallest absolute Gasteiger partial charge is 0.335 e. The summed E-state index contributed by atoms with van der Waals surface area (Å²) in [7, 11) is 0. The Balaban J connectivity index is 2.29. The lowest BCUT2D eigenvalue weighted by atomic mass is 10.2. The van der Waals surface area contributed by atoms with E-state index in [4.69, 9.17) is 15.1 Å². The van der Waals surface area contributed by atoms with E-state index in [1.807, 2.05) is 6.07 Å². The van der Waals surface area contributed by atoms with Crippen molar-refractivity contribution in [2.75, 3.05) is 0 Å². The van der Waals surface area contributed by atoms with Gasteiger partial charge in [-0.05, 0) is 65.1 Å². The van der Waals surface area contributed by atoms with Crippen LogP contribution in [0.2, 0.25) is 0 Å². The molecule has 0 saturated heterocycles. The largest absolute Gasteiger partial charge is 0.478 e. The van der Waals surface area contributed by atoms with Crippen molar-refractivity contribution in [3.8, 4) is 17.6 Å². The zero-order valence-corrected chi connectivity index (χ0v) is 11.8. The summed E-state index contributed by atoms with van der Waals surface area (Å²) in [6, 6.07) is 13.3. The molecule has 0 fully saturated rings. The third-order valence-electron chi connectivity index (χ3n) is 2.39. The van der Waals surface area contributed by atoms with Crippen LogP contribution in [0, 0.1) is 14.9 Å². The highest BCUT2D eigenvalue weighted by molar-refractivity contribution is 14.1. The molecule has 0 spiro atoms. The first-order chi connectivity index (χ1) is 9.10. The van der Waals surface area contributed by atoms with Gasteiger partial charge in [-0.3, -0.25) is 0 Å². The standard InChI is InChI=1S/C14H8INO3/c15-12-6-3-10(14(17)18)7-13(12)19-11-4-1-9(8-16)2-5-11/h1-7H,(H,17,18). The Kier molecular flexibility index (Phi) is 4.02. The third-order valence-corrected chi connectivity index (χ3v) is 3.28. The van der Waals surface area contributed by atoms with Gasteiger partial charge >= 0.3 is 5.97 Å². The molecule has 0 aliphatic carbocycles. The molecule has 0 bridgehead atoms. The predicted octanol–water partition coefficient (Wildman–Crippen LogP) is 3.65. The van der Waals surface area contributed by atoms with Gasteiger partial charge in [0.2, 0.25) is 0 Å². The van der Waals surface area contributed by atoms with E-state index in [9.17, 15) is 4.79 Å². The molecule has 4 nitrogen and oxygen atoms in total. The molecule has 0 atom stereocenters. The van der Waals surface area contributed by atoms with Crippen LogP contribution in [0.1, 0.15) is 15.9 Å². The van der Waals surface area contributed by atoms with E-state index in [1.54, 1.807) is 30.3 Å². The second-order valence-corrected chi connectivity index (χ2v) is 4.85. The van der Waals surface area contributed by atoms with Crippen molar-refractivity contribution in [3.05, 3.63) is 57.2 Å². The first-order valence-corrected chi connectivity index (χ1v) is 6.39. The van der Waals surface area contributed by atoms with Gasteiger partial charge in [-0.15, -0.1) is 0 Å². The molecule has 19 heavy (non-hydrogen) atoms. The van der Waals surface area contributed by atoms with Gasteiger partial charge in [0.25, 0.3) is 0 Å². The molecule has 0 aromatic heterocycles. The highest BCUT2D eigenvalue weighted by atomic mass is 127. The molecule has 0 aliphatic heterocycles. The zero-order chi connectivity index (χ0) is 13.8. The first kappa shape index (κ1) is 13.4. The number of hydrogen-bond acceptors (Lipinski definition) is 3. The van der Waals surface area contributed by atoms with Crippen molar-refractivity contribution < 1.29 is 14.6 Å². The molecule has 1 N–H and O–H groups in total. The molecule has 0 amide bonds. The van der Waals surface area contributed by atoms with Gasteiger partial charge in [-0.1, -0.05) is 0 Å². The number of carboxylic acid groups (broad SMARTS) is 1. The molecular formula is C14H8INO3. The van der Waals surface area contributed by atoms with Gasteiger partial charge in [0.1, 0.15) is 11.5 Å². The maximum Gasteiger partial charge on any atom is 0.335 e. The number of nitrogens with zero attached hydrogens (tertiary/aromatic N) is 1. The van der Waals surface area contributed by atoms with Gasteiger partial charge in [0.05, 0.1) is 20.8 Å². The van der Waals surface area contributed by atoms with Gasteiger partial charge in [0.15, 0.2) is 0 Å². The fourth-order valence-electron chi connectivity index (χ4n) is 1.44. The van der Waals surface area contributed by atoms with Crippen LogP contribution < -0.4 is 4.74 Å². The molecule has 0 radical (unpaired) electrons. The van der Waals surface area contributed by atoms with E-state index >= 15 is 0 Å². The number of aromatic carboxylic acids is 1. The number of carboxylic acids is 1. The Morgan fingerprint density at radius 3 is 2.47 bits per heavy atom. The van der Waals surface area contributed by atoms with E-state index in [-0.39, 0.29) is 5.56 Å². The summed E-state index contributed by atoms with van der Waals surface area (Å²) in [5.74, 6) is 0.0331. The monoisotopic (exact) mass is 365 g/mol. The van der Waals surface area contributed by atoms with Gasteiger partial charge < -0.3 is 9.84 Å². The summed E-state index contributed by atoms with van der Waals surface area (Å²) in [6.07, 6.45) is 0. The zero-order valence-electron chi connectivity index (χ0n) is 9.63. The Hall–Kier alpha value is -2.07. The number of ether oxygens (including phenoxy) is 1. The van der Waals surface area contributed by atoms with Crippen molar-refractivity contribution in [3.63, 3.8) is 0 Å². The Morgan fingerprint density at radius 1 is 1.21 bits per heavy atom. The number of halogens is 1.